The zero-order valence-corrected chi connectivity index (χ0v) is 16.6. The fraction of sp³-hybridized carbons (Fsp3) is 0.0833. The molecule has 3 aromatic carbocycles. The zero-order valence-electron chi connectivity index (χ0n) is 15.8. The average Bonchev–Trinajstić information content (AvgIpc) is 2.95. The number of imide groups is 1. The first kappa shape index (κ1) is 19.2. The summed E-state index contributed by atoms with van der Waals surface area (Å²) in [6, 6.07) is 22.8. The van der Waals surface area contributed by atoms with E-state index >= 15 is 0 Å². The predicted molar refractivity (Wildman–Crippen MR) is 112 cm³/mol. The lowest BCUT2D eigenvalue weighted by atomic mass is 10.1. The molecule has 0 unspecified atom stereocenters. The van der Waals surface area contributed by atoms with E-state index in [4.69, 9.17) is 0 Å². The zero-order chi connectivity index (χ0) is 20.4. The first-order valence-electron chi connectivity index (χ1n) is 9.18. The maximum atomic E-state index is 13.4. The standard InChI is InChI=1S/C24H18FNO2S/c1-16-7-9-17(10-8-16)15-26-23(27)21(18-11-13-19(25)14-12-18)22(24(26)28)29-20-5-3-2-4-6-20/h2-14H,15H2,1H3. The minimum Gasteiger partial charge on any atom is -0.269 e. The molecule has 0 aromatic heterocycles. The number of hydrogen-bond donors (Lipinski definition) is 0. The molecule has 29 heavy (non-hydrogen) atoms. The smallest absolute Gasteiger partial charge is 0.268 e. The third-order valence-electron chi connectivity index (χ3n) is 4.68. The number of rotatable bonds is 5. The van der Waals surface area contributed by atoms with Gasteiger partial charge in [0.15, 0.2) is 0 Å². The summed E-state index contributed by atoms with van der Waals surface area (Å²) in [5.74, 6) is -1.08. The topological polar surface area (TPSA) is 37.4 Å². The van der Waals surface area contributed by atoms with Crippen LogP contribution >= 0.6 is 11.8 Å². The lowest BCUT2D eigenvalue weighted by Gasteiger charge is -2.15. The number of halogens is 1. The summed E-state index contributed by atoms with van der Waals surface area (Å²) in [6.45, 7) is 2.18. The number of thioether (sulfide) groups is 1. The van der Waals surface area contributed by atoms with Crippen LogP contribution < -0.4 is 0 Å². The van der Waals surface area contributed by atoms with Crippen LogP contribution in [0.2, 0.25) is 0 Å². The van der Waals surface area contributed by atoms with E-state index in [1.807, 2.05) is 61.5 Å². The van der Waals surface area contributed by atoms with Gasteiger partial charge in [0, 0.05) is 4.90 Å². The fourth-order valence-electron chi connectivity index (χ4n) is 3.15. The molecule has 1 aliphatic rings. The Kier molecular flexibility index (Phi) is 5.32. The molecule has 0 atom stereocenters. The first-order valence-corrected chi connectivity index (χ1v) is 9.99. The maximum absolute atomic E-state index is 13.4. The van der Waals surface area contributed by atoms with Crippen LogP contribution in [0.1, 0.15) is 16.7 Å². The summed E-state index contributed by atoms with van der Waals surface area (Å²) in [5, 5.41) is 0. The Balaban J connectivity index is 1.72. The number of nitrogens with zero attached hydrogens (tertiary/aromatic N) is 1. The van der Waals surface area contributed by atoms with E-state index in [0.29, 0.717) is 16.0 Å². The van der Waals surface area contributed by atoms with Gasteiger partial charge in [-0.3, -0.25) is 14.5 Å². The molecule has 0 saturated carbocycles. The van der Waals surface area contributed by atoms with Crippen LogP contribution in [0.15, 0.2) is 88.7 Å². The van der Waals surface area contributed by atoms with Crippen LogP contribution in [0.4, 0.5) is 4.39 Å². The van der Waals surface area contributed by atoms with Gasteiger partial charge in [-0.1, -0.05) is 71.9 Å². The van der Waals surface area contributed by atoms with Gasteiger partial charge in [-0.2, -0.15) is 0 Å². The fourth-order valence-corrected chi connectivity index (χ4v) is 4.18. The third-order valence-corrected chi connectivity index (χ3v) is 5.77. The van der Waals surface area contributed by atoms with Gasteiger partial charge in [0.1, 0.15) is 5.82 Å². The average molecular weight is 403 g/mol. The van der Waals surface area contributed by atoms with E-state index < -0.39 is 0 Å². The molecule has 0 aliphatic carbocycles. The van der Waals surface area contributed by atoms with Crippen LogP contribution in [0, 0.1) is 12.7 Å². The van der Waals surface area contributed by atoms with E-state index in [9.17, 15) is 14.0 Å². The minimum absolute atomic E-state index is 0.196. The molecule has 2 amide bonds. The highest BCUT2D eigenvalue weighted by atomic mass is 32.2. The summed E-state index contributed by atoms with van der Waals surface area (Å²) in [6.07, 6.45) is 0. The van der Waals surface area contributed by atoms with Crippen molar-refractivity contribution in [3.8, 4) is 0 Å². The van der Waals surface area contributed by atoms with Crippen LogP contribution in [-0.2, 0) is 16.1 Å². The molecule has 0 spiro atoms. The Morgan fingerprint density at radius 3 is 2.14 bits per heavy atom. The number of amides is 2. The van der Waals surface area contributed by atoms with Gasteiger partial charge < -0.3 is 0 Å². The quantitative estimate of drug-likeness (QED) is 0.549. The second kappa shape index (κ2) is 8.05. The van der Waals surface area contributed by atoms with Crippen molar-refractivity contribution in [1.82, 2.24) is 4.90 Å². The van der Waals surface area contributed by atoms with Crippen molar-refractivity contribution >= 4 is 29.1 Å². The van der Waals surface area contributed by atoms with Gasteiger partial charge in [-0.15, -0.1) is 0 Å². The molecule has 0 fully saturated rings. The summed E-state index contributed by atoms with van der Waals surface area (Å²) < 4.78 is 13.4. The number of aryl methyl sites for hydroxylation is 1. The largest absolute Gasteiger partial charge is 0.269 e. The first-order chi connectivity index (χ1) is 14.0. The Morgan fingerprint density at radius 2 is 1.48 bits per heavy atom. The third kappa shape index (κ3) is 4.00. The molecule has 1 heterocycles. The Morgan fingerprint density at radius 1 is 0.828 bits per heavy atom. The van der Waals surface area contributed by atoms with Crippen molar-refractivity contribution in [3.63, 3.8) is 0 Å². The van der Waals surface area contributed by atoms with Crippen molar-refractivity contribution < 1.29 is 14.0 Å². The lowest BCUT2D eigenvalue weighted by Crippen LogP contribution is -2.30. The molecule has 0 bridgehead atoms. The normalized spacial score (nSPS) is 14.1. The van der Waals surface area contributed by atoms with E-state index in [1.165, 1.54) is 40.9 Å². The van der Waals surface area contributed by atoms with Gasteiger partial charge >= 0.3 is 0 Å². The van der Waals surface area contributed by atoms with Crippen LogP contribution in [0.3, 0.4) is 0 Å². The maximum Gasteiger partial charge on any atom is 0.268 e. The number of carbonyl (C=O) groups is 2. The molecule has 144 valence electrons. The van der Waals surface area contributed by atoms with Crippen molar-refractivity contribution in [2.24, 2.45) is 0 Å². The SMILES string of the molecule is Cc1ccc(CN2C(=O)C(Sc3ccccc3)=C(c3ccc(F)cc3)C2=O)cc1. The number of carbonyl (C=O) groups excluding carboxylic acids is 2. The molecular weight excluding hydrogens is 385 g/mol. The molecule has 1 aliphatic heterocycles. The second-order valence-corrected chi connectivity index (χ2v) is 7.89. The van der Waals surface area contributed by atoms with Crippen molar-refractivity contribution in [3.05, 3.63) is 106 Å². The van der Waals surface area contributed by atoms with E-state index in [1.54, 1.807) is 0 Å². The molecular formula is C24H18FNO2S. The molecule has 5 heteroatoms. The molecule has 0 saturated heterocycles. The molecule has 0 N–H and O–H groups in total. The van der Waals surface area contributed by atoms with E-state index in [2.05, 4.69) is 0 Å². The van der Waals surface area contributed by atoms with Crippen molar-refractivity contribution in [2.45, 2.75) is 18.4 Å². The summed E-state index contributed by atoms with van der Waals surface area (Å²) >= 11 is 1.26. The predicted octanol–water partition coefficient (Wildman–Crippen LogP) is 5.21. The summed E-state index contributed by atoms with van der Waals surface area (Å²) in [7, 11) is 0. The summed E-state index contributed by atoms with van der Waals surface area (Å²) in [5.41, 5.74) is 2.84. The van der Waals surface area contributed by atoms with Crippen LogP contribution in [0.5, 0.6) is 0 Å². The highest BCUT2D eigenvalue weighted by molar-refractivity contribution is 8.04. The van der Waals surface area contributed by atoms with Crippen molar-refractivity contribution in [2.75, 3.05) is 0 Å². The van der Waals surface area contributed by atoms with Crippen LogP contribution in [-0.4, -0.2) is 16.7 Å². The van der Waals surface area contributed by atoms with Gasteiger partial charge in [0.25, 0.3) is 11.8 Å². The van der Waals surface area contributed by atoms with Crippen molar-refractivity contribution in [1.29, 1.82) is 0 Å². The van der Waals surface area contributed by atoms with E-state index in [-0.39, 0.29) is 24.2 Å². The monoisotopic (exact) mass is 403 g/mol. The molecule has 3 nitrogen and oxygen atoms in total. The lowest BCUT2D eigenvalue weighted by molar-refractivity contribution is -0.137. The number of hydrogen-bond acceptors (Lipinski definition) is 3. The van der Waals surface area contributed by atoms with E-state index in [0.717, 1.165) is 16.0 Å². The van der Waals surface area contributed by atoms with Crippen LogP contribution in [0.25, 0.3) is 5.57 Å². The van der Waals surface area contributed by atoms with Gasteiger partial charge in [-0.25, -0.2) is 4.39 Å². The summed E-state index contributed by atoms with van der Waals surface area (Å²) in [4.78, 5) is 28.9. The van der Waals surface area contributed by atoms with Gasteiger partial charge in [-0.05, 0) is 42.3 Å². The Bertz CT molecular complexity index is 1090. The minimum atomic E-state index is -0.389. The van der Waals surface area contributed by atoms with Gasteiger partial charge in [0.05, 0.1) is 17.0 Å². The molecule has 3 aromatic rings. The Labute approximate surface area is 172 Å². The highest BCUT2D eigenvalue weighted by Crippen LogP contribution is 2.40. The highest BCUT2D eigenvalue weighted by Gasteiger charge is 2.39. The number of benzene rings is 3. The van der Waals surface area contributed by atoms with Gasteiger partial charge in [0.2, 0.25) is 0 Å². The molecule has 4 rings (SSSR count). The second-order valence-electron chi connectivity index (χ2n) is 6.81. The Hall–Kier alpha value is -3.18. The molecule has 0 radical (unpaired) electrons.